The Kier molecular flexibility index (Phi) is 4.10. The molecule has 104 valence electrons. The molecule has 1 aliphatic heterocycles. The van der Waals surface area contributed by atoms with Crippen molar-refractivity contribution in [1.82, 2.24) is 19.9 Å². The van der Waals surface area contributed by atoms with E-state index >= 15 is 0 Å². The average molecular weight is 267 g/mol. The molecule has 8 heteroatoms. The van der Waals surface area contributed by atoms with E-state index in [1.54, 1.807) is 6.20 Å². The van der Waals surface area contributed by atoms with Crippen LogP contribution in [0, 0.1) is 0 Å². The molecule has 2 N–H and O–H groups in total. The van der Waals surface area contributed by atoms with E-state index in [1.165, 1.54) is 4.68 Å². The number of rotatable bonds is 5. The van der Waals surface area contributed by atoms with E-state index in [1.807, 2.05) is 6.92 Å². The van der Waals surface area contributed by atoms with Crippen LogP contribution in [0.1, 0.15) is 31.5 Å². The van der Waals surface area contributed by atoms with Gasteiger partial charge in [-0.25, -0.2) is 14.4 Å². The molecule has 8 nitrogen and oxygen atoms in total. The minimum Gasteiger partial charge on any atom is -0.447 e. The van der Waals surface area contributed by atoms with Gasteiger partial charge in [-0.1, -0.05) is 18.6 Å². The van der Waals surface area contributed by atoms with E-state index in [0.717, 1.165) is 17.7 Å². The lowest BCUT2D eigenvalue weighted by Crippen LogP contribution is -2.34. The van der Waals surface area contributed by atoms with Crippen LogP contribution in [0.2, 0.25) is 0 Å². The third-order valence-electron chi connectivity index (χ3n) is 2.90. The smallest absolute Gasteiger partial charge is 0.416 e. The molecule has 1 fully saturated rings. The summed E-state index contributed by atoms with van der Waals surface area (Å²) in [6, 6.07) is -0.175. The summed E-state index contributed by atoms with van der Waals surface area (Å²) in [5, 5.41) is 7.78. The molecule has 2 amide bonds. The van der Waals surface area contributed by atoms with Gasteiger partial charge in [-0.05, 0) is 6.42 Å². The van der Waals surface area contributed by atoms with Crippen LogP contribution in [0.3, 0.4) is 0 Å². The van der Waals surface area contributed by atoms with Gasteiger partial charge in [0, 0.05) is 0 Å². The van der Waals surface area contributed by atoms with Gasteiger partial charge in [0.05, 0.1) is 24.5 Å². The van der Waals surface area contributed by atoms with Gasteiger partial charge in [-0.3, -0.25) is 4.79 Å². The summed E-state index contributed by atoms with van der Waals surface area (Å²) in [6.07, 6.45) is 2.80. The summed E-state index contributed by atoms with van der Waals surface area (Å²) in [7, 11) is 0. The highest BCUT2D eigenvalue weighted by Gasteiger charge is 2.28. The molecule has 1 aromatic rings. The van der Waals surface area contributed by atoms with Crippen molar-refractivity contribution in [2.75, 3.05) is 13.2 Å². The van der Waals surface area contributed by atoms with Crippen LogP contribution in [0.4, 0.5) is 4.79 Å². The summed E-state index contributed by atoms with van der Waals surface area (Å²) in [4.78, 5) is 24.1. The zero-order chi connectivity index (χ0) is 13.8. The Morgan fingerprint density at radius 2 is 2.42 bits per heavy atom. The second-order valence-corrected chi connectivity index (χ2v) is 4.40. The molecule has 2 rings (SSSR count). The molecule has 2 heterocycles. The van der Waals surface area contributed by atoms with Crippen molar-refractivity contribution >= 4 is 12.0 Å². The Balaban J connectivity index is 1.96. The summed E-state index contributed by atoms with van der Waals surface area (Å²) < 4.78 is 6.09. The Morgan fingerprint density at radius 1 is 1.63 bits per heavy atom. The number of nitrogens with two attached hydrogens (primary N) is 1. The van der Waals surface area contributed by atoms with Gasteiger partial charge < -0.3 is 10.5 Å². The second kappa shape index (κ2) is 5.79. The number of aromatic nitrogens is 3. The maximum absolute atomic E-state index is 11.8. The quantitative estimate of drug-likeness (QED) is 0.808. The van der Waals surface area contributed by atoms with E-state index in [0.29, 0.717) is 5.69 Å². The van der Waals surface area contributed by atoms with Crippen LogP contribution in [-0.2, 0) is 16.1 Å². The van der Waals surface area contributed by atoms with Gasteiger partial charge >= 0.3 is 6.09 Å². The van der Waals surface area contributed by atoms with Crippen molar-refractivity contribution in [3.8, 4) is 0 Å². The molecule has 19 heavy (non-hydrogen) atoms. The van der Waals surface area contributed by atoms with Crippen molar-refractivity contribution in [3.05, 3.63) is 11.9 Å². The molecular formula is C11H17N5O3. The fourth-order valence-corrected chi connectivity index (χ4v) is 1.86. The van der Waals surface area contributed by atoms with Crippen molar-refractivity contribution in [2.24, 2.45) is 5.73 Å². The van der Waals surface area contributed by atoms with Crippen molar-refractivity contribution < 1.29 is 14.3 Å². The Hall–Kier alpha value is -1.96. The van der Waals surface area contributed by atoms with Crippen LogP contribution in [0.25, 0.3) is 0 Å². The number of nitrogens with zero attached hydrogens (tertiary/aromatic N) is 4. The van der Waals surface area contributed by atoms with E-state index in [4.69, 9.17) is 10.5 Å². The van der Waals surface area contributed by atoms with Crippen molar-refractivity contribution in [2.45, 2.75) is 32.4 Å². The number of hydrogen-bond acceptors (Lipinski definition) is 6. The zero-order valence-corrected chi connectivity index (χ0v) is 10.8. The molecule has 1 unspecified atom stereocenters. The Bertz CT molecular complexity index is 473. The highest BCUT2D eigenvalue weighted by Crippen LogP contribution is 2.12. The number of hydrogen-bond donors (Lipinski definition) is 1. The maximum Gasteiger partial charge on any atom is 0.416 e. The van der Waals surface area contributed by atoms with E-state index < -0.39 is 6.09 Å². The zero-order valence-electron chi connectivity index (χ0n) is 10.8. The summed E-state index contributed by atoms with van der Waals surface area (Å²) in [6.45, 7) is 2.52. The first-order valence-corrected chi connectivity index (χ1v) is 6.24. The molecule has 0 spiro atoms. The fraction of sp³-hybridized carbons (Fsp3) is 0.636. The summed E-state index contributed by atoms with van der Waals surface area (Å²) in [5.74, 6) is -0.358. The molecule has 1 atom stereocenters. The largest absolute Gasteiger partial charge is 0.447 e. The third-order valence-corrected chi connectivity index (χ3v) is 2.90. The molecule has 1 aliphatic rings. The molecule has 0 radical (unpaired) electrons. The second-order valence-electron chi connectivity index (χ2n) is 4.40. The lowest BCUT2D eigenvalue weighted by molar-refractivity contribution is -0.128. The van der Waals surface area contributed by atoms with Gasteiger partial charge in [-0.2, -0.15) is 0 Å². The molecular weight excluding hydrogens is 250 g/mol. The highest BCUT2D eigenvalue weighted by molar-refractivity contribution is 5.92. The number of amides is 2. The number of ether oxygens (including phenoxy) is 1. The molecule has 0 bridgehead atoms. The third kappa shape index (κ3) is 3.08. The van der Waals surface area contributed by atoms with E-state index in [2.05, 4.69) is 10.3 Å². The average Bonchev–Trinajstić information content (AvgIpc) is 2.98. The standard InChI is InChI=1S/C11H17N5O3/c1-2-3-8(12)9-6-15(14-13-9)7-10(17)16-4-5-19-11(16)18/h6,8H,2-5,7,12H2,1H3. The molecule has 1 saturated heterocycles. The topological polar surface area (TPSA) is 103 Å². The van der Waals surface area contributed by atoms with Gasteiger partial charge in [0.1, 0.15) is 13.2 Å². The number of carbonyl (C=O) groups is 2. The predicted octanol–water partition coefficient (Wildman–Crippen LogP) is 0.0568. The number of imide groups is 1. The minimum absolute atomic E-state index is 0.0407. The molecule has 0 saturated carbocycles. The van der Waals surface area contributed by atoms with Crippen LogP contribution in [0.5, 0.6) is 0 Å². The lowest BCUT2D eigenvalue weighted by atomic mass is 10.1. The summed E-state index contributed by atoms with van der Waals surface area (Å²) >= 11 is 0. The van der Waals surface area contributed by atoms with E-state index in [-0.39, 0.29) is 31.6 Å². The number of cyclic esters (lactones) is 1. The van der Waals surface area contributed by atoms with Gasteiger partial charge in [-0.15, -0.1) is 5.10 Å². The van der Waals surface area contributed by atoms with Gasteiger partial charge in [0.2, 0.25) is 0 Å². The van der Waals surface area contributed by atoms with Crippen molar-refractivity contribution in [1.29, 1.82) is 0 Å². The minimum atomic E-state index is -0.604. The monoisotopic (exact) mass is 267 g/mol. The predicted molar refractivity (Wildman–Crippen MR) is 64.9 cm³/mol. The van der Waals surface area contributed by atoms with Crippen LogP contribution in [-0.4, -0.2) is 45.0 Å². The summed E-state index contributed by atoms with van der Waals surface area (Å²) in [5.41, 5.74) is 6.56. The lowest BCUT2D eigenvalue weighted by Gasteiger charge is -2.09. The van der Waals surface area contributed by atoms with Gasteiger partial charge in [0.25, 0.3) is 5.91 Å². The maximum atomic E-state index is 11.8. The van der Waals surface area contributed by atoms with Gasteiger partial charge in [0.15, 0.2) is 0 Å². The highest BCUT2D eigenvalue weighted by atomic mass is 16.6. The van der Waals surface area contributed by atoms with E-state index in [9.17, 15) is 9.59 Å². The molecule has 0 aromatic carbocycles. The molecule has 1 aromatic heterocycles. The Morgan fingerprint density at radius 3 is 3.05 bits per heavy atom. The van der Waals surface area contributed by atoms with Crippen LogP contribution < -0.4 is 5.73 Å². The Labute approximate surface area is 110 Å². The molecule has 0 aliphatic carbocycles. The van der Waals surface area contributed by atoms with Crippen LogP contribution >= 0.6 is 0 Å². The van der Waals surface area contributed by atoms with Crippen LogP contribution in [0.15, 0.2) is 6.20 Å². The fourth-order valence-electron chi connectivity index (χ4n) is 1.86. The first-order valence-electron chi connectivity index (χ1n) is 6.24. The first-order chi connectivity index (χ1) is 9.11. The first kappa shape index (κ1) is 13.5. The van der Waals surface area contributed by atoms with Crippen molar-refractivity contribution in [3.63, 3.8) is 0 Å². The number of carbonyl (C=O) groups excluding carboxylic acids is 2. The SMILES string of the molecule is CCCC(N)c1cn(CC(=O)N2CCOC2=O)nn1. The normalized spacial score (nSPS) is 16.5.